The summed E-state index contributed by atoms with van der Waals surface area (Å²) in [5.74, 6) is -1.22. The Morgan fingerprint density at radius 2 is 1.95 bits per heavy atom. The molecule has 116 valence electrons. The van der Waals surface area contributed by atoms with Crippen LogP contribution in [0.4, 0.5) is 19.0 Å². The topological polar surface area (TPSA) is 74.4 Å². The van der Waals surface area contributed by atoms with Gasteiger partial charge in [-0.15, -0.1) is 13.2 Å². The lowest BCUT2D eigenvalue weighted by molar-refractivity contribution is -0.274. The molecule has 0 aliphatic carbocycles. The van der Waals surface area contributed by atoms with Crippen LogP contribution in [0.25, 0.3) is 11.1 Å². The molecule has 0 bridgehead atoms. The molecule has 2 aromatic rings. The first-order chi connectivity index (χ1) is 10.3. The number of anilines is 1. The van der Waals surface area contributed by atoms with E-state index in [1.807, 2.05) is 0 Å². The molecule has 0 unspecified atom stereocenters. The lowest BCUT2D eigenvalue weighted by Crippen LogP contribution is -2.17. The van der Waals surface area contributed by atoms with Crippen LogP contribution in [0, 0.1) is 0 Å². The molecule has 1 aromatic carbocycles. The maximum absolute atomic E-state index is 12.4. The van der Waals surface area contributed by atoms with Crippen molar-refractivity contribution in [1.29, 1.82) is 0 Å². The van der Waals surface area contributed by atoms with Crippen LogP contribution in [0.3, 0.4) is 0 Å². The number of esters is 1. The van der Waals surface area contributed by atoms with Crippen molar-refractivity contribution in [3.8, 4) is 16.9 Å². The number of carbonyl (C=O) groups excluding carboxylic acids is 1. The summed E-state index contributed by atoms with van der Waals surface area (Å²) in [6.07, 6.45) is -3.58. The van der Waals surface area contributed by atoms with Crippen LogP contribution < -0.4 is 10.5 Å². The molecule has 0 spiro atoms. The van der Waals surface area contributed by atoms with E-state index >= 15 is 0 Å². The number of benzene rings is 1. The first kappa shape index (κ1) is 15.6. The second-order valence-electron chi connectivity index (χ2n) is 4.19. The van der Waals surface area contributed by atoms with Gasteiger partial charge >= 0.3 is 12.3 Å². The average molecular weight is 312 g/mol. The van der Waals surface area contributed by atoms with Crippen molar-refractivity contribution < 1.29 is 27.4 Å². The fourth-order valence-electron chi connectivity index (χ4n) is 1.81. The van der Waals surface area contributed by atoms with E-state index in [9.17, 15) is 18.0 Å². The van der Waals surface area contributed by atoms with Crippen molar-refractivity contribution in [2.24, 2.45) is 0 Å². The fourth-order valence-corrected chi connectivity index (χ4v) is 1.81. The van der Waals surface area contributed by atoms with Crippen LogP contribution in [0.1, 0.15) is 10.4 Å². The second kappa shape index (κ2) is 5.92. The summed E-state index contributed by atoms with van der Waals surface area (Å²) >= 11 is 0. The van der Waals surface area contributed by atoms with Crippen molar-refractivity contribution in [2.75, 3.05) is 12.8 Å². The first-order valence-corrected chi connectivity index (χ1v) is 6.01. The van der Waals surface area contributed by atoms with Gasteiger partial charge in [-0.1, -0.05) is 18.2 Å². The van der Waals surface area contributed by atoms with Gasteiger partial charge in [0.15, 0.2) is 0 Å². The van der Waals surface area contributed by atoms with Gasteiger partial charge in [0.1, 0.15) is 17.1 Å². The molecule has 0 amide bonds. The van der Waals surface area contributed by atoms with Gasteiger partial charge in [-0.3, -0.25) is 0 Å². The number of pyridine rings is 1. The molecule has 0 radical (unpaired) electrons. The quantitative estimate of drug-likeness (QED) is 0.882. The Morgan fingerprint density at radius 3 is 2.59 bits per heavy atom. The number of methoxy groups -OCH3 is 1. The van der Waals surface area contributed by atoms with E-state index in [0.717, 1.165) is 13.2 Å². The van der Waals surface area contributed by atoms with Crippen molar-refractivity contribution in [1.82, 2.24) is 4.98 Å². The third-order valence-electron chi connectivity index (χ3n) is 2.75. The molecule has 0 aliphatic heterocycles. The molecule has 0 fully saturated rings. The molecule has 0 aliphatic rings. The van der Waals surface area contributed by atoms with Crippen molar-refractivity contribution in [3.63, 3.8) is 0 Å². The van der Waals surface area contributed by atoms with Crippen LogP contribution in [0.15, 0.2) is 36.5 Å². The molecule has 0 saturated heterocycles. The zero-order valence-corrected chi connectivity index (χ0v) is 11.3. The summed E-state index contributed by atoms with van der Waals surface area (Å²) in [4.78, 5) is 15.4. The fraction of sp³-hybridized carbons (Fsp3) is 0.143. The number of hydrogen-bond donors (Lipinski definition) is 1. The number of ether oxygens (including phenoxy) is 2. The highest BCUT2D eigenvalue weighted by Crippen LogP contribution is 2.34. The summed E-state index contributed by atoms with van der Waals surface area (Å²) in [5.41, 5.74) is 5.89. The number of carbonyl (C=O) groups is 1. The minimum atomic E-state index is -4.83. The van der Waals surface area contributed by atoms with Crippen molar-refractivity contribution in [3.05, 3.63) is 42.1 Å². The Morgan fingerprint density at radius 1 is 1.27 bits per heavy atom. The maximum Gasteiger partial charge on any atom is 0.573 e. The molecule has 1 heterocycles. The van der Waals surface area contributed by atoms with Crippen molar-refractivity contribution >= 4 is 11.8 Å². The first-order valence-electron chi connectivity index (χ1n) is 6.01. The van der Waals surface area contributed by atoms with Gasteiger partial charge in [-0.25, -0.2) is 9.78 Å². The van der Waals surface area contributed by atoms with Crippen LogP contribution >= 0.6 is 0 Å². The molecular weight excluding hydrogens is 301 g/mol. The van der Waals surface area contributed by atoms with Gasteiger partial charge < -0.3 is 15.2 Å². The van der Waals surface area contributed by atoms with Gasteiger partial charge in [-0.2, -0.15) is 0 Å². The average Bonchev–Trinajstić information content (AvgIpc) is 2.46. The third kappa shape index (κ3) is 3.46. The van der Waals surface area contributed by atoms with E-state index in [2.05, 4.69) is 14.5 Å². The molecule has 1 aromatic heterocycles. The zero-order valence-electron chi connectivity index (χ0n) is 11.3. The summed E-state index contributed by atoms with van der Waals surface area (Å²) in [5, 5.41) is 0. The Balaban J connectivity index is 2.51. The minimum Gasteiger partial charge on any atom is -0.465 e. The monoisotopic (exact) mass is 312 g/mol. The standard InChI is InChI=1S/C14H11F3N2O3/c1-21-13(20)10-6-8(7-19-12(10)18)9-4-2-3-5-11(9)22-14(15,16)17/h2-7H,1H3,(H2,18,19). The second-order valence-corrected chi connectivity index (χ2v) is 4.19. The predicted molar refractivity (Wildman–Crippen MR) is 72.1 cm³/mol. The van der Waals surface area contributed by atoms with Crippen LogP contribution in [0.5, 0.6) is 5.75 Å². The van der Waals surface area contributed by atoms with Gasteiger partial charge in [-0.05, 0) is 12.1 Å². The number of rotatable bonds is 3. The number of halogens is 3. The highest BCUT2D eigenvalue weighted by molar-refractivity contribution is 5.95. The van der Waals surface area contributed by atoms with Crippen LogP contribution in [-0.4, -0.2) is 24.4 Å². The summed E-state index contributed by atoms with van der Waals surface area (Å²) in [7, 11) is 1.16. The number of nitrogen functional groups attached to an aromatic ring is 1. The van der Waals surface area contributed by atoms with Gasteiger partial charge in [0.05, 0.1) is 7.11 Å². The van der Waals surface area contributed by atoms with Crippen LogP contribution in [0.2, 0.25) is 0 Å². The number of para-hydroxylation sites is 1. The van der Waals surface area contributed by atoms with Crippen molar-refractivity contribution in [2.45, 2.75) is 6.36 Å². The molecular formula is C14H11F3N2O3. The molecule has 5 nitrogen and oxygen atoms in total. The summed E-state index contributed by atoms with van der Waals surface area (Å²) < 4.78 is 45.8. The smallest absolute Gasteiger partial charge is 0.465 e. The number of nitrogens with zero attached hydrogens (tertiary/aromatic N) is 1. The third-order valence-corrected chi connectivity index (χ3v) is 2.75. The van der Waals surface area contributed by atoms with E-state index < -0.39 is 18.1 Å². The molecule has 2 N–H and O–H groups in total. The highest BCUT2D eigenvalue weighted by atomic mass is 19.4. The van der Waals surface area contributed by atoms with E-state index in [1.54, 1.807) is 0 Å². The number of nitrogens with two attached hydrogens (primary N) is 1. The predicted octanol–water partition coefficient (Wildman–Crippen LogP) is 3.02. The number of alkyl halides is 3. The molecule has 2 rings (SSSR count). The number of aromatic nitrogens is 1. The minimum absolute atomic E-state index is 0.0400. The molecule has 8 heteroatoms. The Bertz CT molecular complexity index is 702. The van der Waals surface area contributed by atoms with E-state index in [0.29, 0.717) is 0 Å². The van der Waals surface area contributed by atoms with Crippen LogP contribution in [-0.2, 0) is 4.74 Å². The zero-order chi connectivity index (χ0) is 16.3. The Labute approximate surface area is 123 Å². The lowest BCUT2D eigenvalue weighted by Gasteiger charge is -2.13. The molecule has 22 heavy (non-hydrogen) atoms. The maximum atomic E-state index is 12.4. The molecule has 0 atom stereocenters. The Hall–Kier alpha value is -2.77. The Kier molecular flexibility index (Phi) is 4.20. The van der Waals surface area contributed by atoms with Gasteiger partial charge in [0, 0.05) is 17.3 Å². The lowest BCUT2D eigenvalue weighted by atomic mass is 10.0. The number of hydrogen-bond acceptors (Lipinski definition) is 5. The van der Waals surface area contributed by atoms with Gasteiger partial charge in [0.2, 0.25) is 0 Å². The van der Waals surface area contributed by atoms with E-state index in [-0.39, 0.29) is 22.5 Å². The van der Waals surface area contributed by atoms with E-state index in [4.69, 9.17) is 5.73 Å². The SMILES string of the molecule is COC(=O)c1cc(-c2ccccc2OC(F)(F)F)cnc1N. The normalized spacial score (nSPS) is 11.1. The highest BCUT2D eigenvalue weighted by Gasteiger charge is 2.32. The van der Waals surface area contributed by atoms with Gasteiger partial charge in [0.25, 0.3) is 0 Å². The summed E-state index contributed by atoms with van der Waals surface area (Å²) in [6, 6.07) is 6.81. The molecule has 0 saturated carbocycles. The van der Waals surface area contributed by atoms with E-state index in [1.165, 1.54) is 30.5 Å². The summed E-state index contributed by atoms with van der Waals surface area (Å²) in [6.45, 7) is 0. The largest absolute Gasteiger partial charge is 0.573 e.